The van der Waals surface area contributed by atoms with Gasteiger partial charge in [-0.15, -0.1) is 11.3 Å². The Hall–Kier alpha value is -3.48. The molecule has 1 amide bonds. The number of benzene rings is 1. The summed E-state index contributed by atoms with van der Waals surface area (Å²) in [7, 11) is 0. The molecule has 0 bridgehead atoms. The number of carbonyl (C=O) groups is 1. The molecule has 0 unspecified atom stereocenters. The van der Waals surface area contributed by atoms with E-state index in [2.05, 4.69) is 28.4 Å². The Balaban J connectivity index is 1.52. The van der Waals surface area contributed by atoms with E-state index in [1.807, 2.05) is 18.2 Å². The van der Waals surface area contributed by atoms with Crippen molar-refractivity contribution >= 4 is 28.1 Å². The molecule has 1 aliphatic rings. The van der Waals surface area contributed by atoms with E-state index in [1.54, 1.807) is 0 Å². The number of nitrogens with one attached hydrogen (secondary N) is 1. The van der Waals surface area contributed by atoms with E-state index in [1.165, 1.54) is 23.0 Å². The molecule has 146 valence electrons. The van der Waals surface area contributed by atoms with Crippen molar-refractivity contribution in [1.82, 2.24) is 4.90 Å². The molecule has 1 N–H and O–H groups in total. The van der Waals surface area contributed by atoms with Crippen LogP contribution in [0.4, 0.5) is 10.9 Å². The van der Waals surface area contributed by atoms with Crippen LogP contribution in [0.1, 0.15) is 32.1 Å². The molecular formula is C20H16N4O4S. The number of amides is 1. The van der Waals surface area contributed by atoms with Crippen molar-refractivity contribution < 1.29 is 14.1 Å². The number of rotatable bonds is 5. The van der Waals surface area contributed by atoms with Gasteiger partial charge in [0, 0.05) is 24.5 Å². The Kier molecular flexibility index (Phi) is 5.12. The fourth-order valence-corrected chi connectivity index (χ4v) is 4.59. The minimum absolute atomic E-state index is 0.169. The lowest BCUT2D eigenvalue weighted by atomic mass is 10.0. The van der Waals surface area contributed by atoms with Gasteiger partial charge in [0.25, 0.3) is 5.91 Å². The molecule has 1 aromatic carbocycles. The fraction of sp³-hybridized carbons (Fsp3) is 0.200. The molecule has 0 atom stereocenters. The van der Waals surface area contributed by atoms with Crippen LogP contribution in [0.2, 0.25) is 0 Å². The number of anilines is 1. The maximum Gasteiger partial charge on any atom is 0.433 e. The molecule has 9 heteroatoms. The Morgan fingerprint density at radius 1 is 1.31 bits per heavy atom. The Bertz CT molecular complexity index is 1110. The van der Waals surface area contributed by atoms with Crippen molar-refractivity contribution in [3.8, 4) is 6.07 Å². The van der Waals surface area contributed by atoms with Crippen molar-refractivity contribution in [2.75, 3.05) is 11.9 Å². The predicted molar refractivity (Wildman–Crippen MR) is 107 cm³/mol. The molecular weight excluding hydrogens is 392 g/mol. The van der Waals surface area contributed by atoms with Gasteiger partial charge in [-0.1, -0.05) is 30.3 Å². The van der Waals surface area contributed by atoms with Gasteiger partial charge in [-0.3, -0.25) is 19.8 Å². The van der Waals surface area contributed by atoms with Gasteiger partial charge in [0.2, 0.25) is 0 Å². The van der Waals surface area contributed by atoms with Gasteiger partial charge in [-0.05, 0) is 23.6 Å². The molecule has 3 aromatic rings. The van der Waals surface area contributed by atoms with Crippen molar-refractivity contribution in [3.05, 3.63) is 79.9 Å². The van der Waals surface area contributed by atoms with Gasteiger partial charge in [0.15, 0.2) is 5.76 Å². The highest BCUT2D eigenvalue weighted by Crippen LogP contribution is 2.37. The second kappa shape index (κ2) is 7.87. The first-order chi connectivity index (χ1) is 14.0. The number of nitrogens with zero attached hydrogens (tertiary/aromatic N) is 3. The summed E-state index contributed by atoms with van der Waals surface area (Å²) in [4.78, 5) is 25.8. The number of thiophene rings is 1. The van der Waals surface area contributed by atoms with Crippen LogP contribution in [-0.4, -0.2) is 22.3 Å². The summed E-state index contributed by atoms with van der Waals surface area (Å²) in [6.07, 6.45) is 0.726. The second-order valence-corrected chi connectivity index (χ2v) is 7.72. The predicted octanol–water partition coefficient (Wildman–Crippen LogP) is 3.93. The summed E-state index contributed by atoms with van der Waals surface area (Å²) >= 11 is 1.37. The molecule has 0 saturated heterocycles. The first-order valence-electron chi connectivity index (χ1n) is 8.91. The lowest BCUT2D eigenvalue weighted by Crippen LogP contribution is -2.29. The minimum Gasteiger partial charge on any atom is -0.395 e. The molecule has 4 rings (SSSR count). The van der Waals surface area contributed by atoms with Crippen LogP contribution in [0.25, 0.3) is 0 Å². The average molecular weight is 408 g/mol. The molecule has 0 spiro atoms. The van der Waals surface area contributed by atoms with Crippen LogP contribution in [-0.2, 0) is 19.5 Å². The molecule has 0 radical (unpaired) electrons. The first kappa shape index (κ1) is 18.9. The van der Waals surface area contributed by atoms with Gasteiger partial charge in [0.05, 0.1) is 11.6 Å². The molecule has 2 aromatic heterocycles. The van der Waals surface area contributed by atoms with Crippen LogP contribution in [0.15, 0.2) is 46.9 Å². The summed E-state index contributed by atoms with van der Waals surface area (Å²) < 4.78 is 4.94. The third-order valence-electron chi connectivity index (χ3n) is 4.72. The largest absolute Gasteiger partial charge is 0.433 e. The zero-order valence-electron chi connectivity index (χ0n) is 15.3. The molecule has 0 saturated carbocycles. The number of carbonyl (C=O) groups excluding carboxylic acids is 1. The lowest BCUT2D eigenvalue weighted by molar-refractivity contribution is -0.402. The van der Waals surface area contributed by atoms with Gasteiger partial charge >= 0.3 is 5.88 Å². The highest BCUT2D eigenvalue weighted by Gasteiger charge is 2.26. The van der Waals surface area contributed by atoms with Crippen LogP contribution in [0, 0.1) is 21.4 Å². The summed E-state index contributed by atoms with van der Waals surface area (Å²) in [6, 6.07) is 14.7. The van der Waals surface area contributed by atoms with Crippen molar-refractivity contribution in [3.63, 3.8) is 0 Å². The van der Waals surface area contributed by atoms with E-state index < -0.39 is 16.7 Å². The molecule has 29 heavy (non-hydrogen) atoms. The third-order valence-corrected chi connectivity index (χ3v) is 5.85. The zero-order valence-corrected chi connectivity index (χ0v) is 16.1. The van der Waals surface area contributed by atoms with Gasteiger partial charge < -0.3 is 9.73 Å². The van der Waals surface area contributed by atoms with Crippen molar-refractivity contribution in [2.24, 2.45) is 0 Å². The molecule has 0 aliphatic carbocycles. The minimum atomic E-state index is -0.706. The van der Waals surface area contributed by atoms with E-state index in [0.29, 0.717) is 17.1 Å². The molecule has 3 heterocycles. The van der Waals surface area contributed by atoms with E-state index in [9.17, 15) is 20.2 Å². The topological polar surface area (TPSA) is 112 Å². The van der Waals surface area contributed by atoms with Gasteiger partial charge in [-0.25, -0.2) is 0 Å². The van der Waals surface area contributed by atoms with E-state index in [-0.39, 0.29) is 5.76 Å². The molecule has 1 aliphatic heterocycles. The third kappa shape index (κ3) is 3.89. The van der Waals surface area contributed by atoms with Crippen molar-refractivity contribution in [2.45, 2.75) is 19.5 Å². The van der Waals surface area contributed by atoms with E-state index >= 15 is 0 Å². The van der Waals surface area contributed by atoms with Gasteiger partial charge in [0.1, 0.15) is 16.0 Å². The zero-order chi connectivity index (χ0) is 20.4. The van der Waals surface area contributed by atoms with E-state index in [4.69, 9.17) is 4.42 Å². The number of furan rings is 1. The Morgan fingerprint density at radius 2 is 2.10 bits per heavy atom. The van der Waals surface area contributed by atoms with Crippen molar-refractivity contribution in [1.29, 1.82) is 5.26 Å². The first-order valence-corrected chi connectivity index (χ1v) is 9.73. The number of hydrogen-bond acceptors (Lipinski definition) is 7. The molecule has 8 nitrogen and oxygen atoms in total. The average Bonchev–Trinajstić information content (AvgIpc) is 3.33. The lowest BCUT2D eigenvalue weighted by Gasteiger charge is -2.26. The normalized spacial score (nSPS) is 13.5. The number of nitro groups is 1. The summed E-state index contributed by atoms with van der Waals surface area (Å²) in [5, 5.41) is 23.4. The standard InChI is InChI=1S/C20H16N4O4S/c21-10-15-14-8-9-23(11-13-4-2-1-3-5-13)12-17(14)29-20(15)22-19(25)16-6-7-18(28-16)24(26)27/h1-7H,8-9,11-12H2,(H,22,25). The Labute approximate surface area is 170 Å². The van der Waals surface area contributed by atoms with Crippen LogP contribution in [0.5, 0.6) is 0 Å². The van der Waals surface area contributed by atoms with Crippen LogP contribution in [0.3, 0.4) is 0 Å². The maximum atomic E-state index is 12.4. The maximum absolute atomic E-state index is 12.4. The monoisotopic (exact) mass is 408 g/mol. The number of hydrogen-bond donors (Lipinski definition) is 1. The SMILES string of the molecule is N#Cc1c(NC(=O)c2ccc([N+](=O)[O-])o2)sc2c1CCN(Cc1ccccc1)C2. The summed E-state index contributed by atoms with van der Waals surface area (Å²) in [6.45, 7) is 2.34. The number of nitriles is 1. The second-order valence-electron chi connectivity index (χ2n) is 6.62. The molecule has 0 fully saturated rings. The van der Waals surface area contributed by atoms with Gasteiger partial charge in [-0.2, -0.15) is 5.26 Å². The van der Waals surface area contributed by atoms with E-state index in [0.717, 1.165) is 36.0 Å². The Morgan fingerprint density at radius 3 is 2.79 bits per heavy atom. The highest BCUT2D eigenvalue weighted by atomic mass is 32.1. The summed E-state index contributed by atoms with van der Waals surface area (Å²) in [5.41, 5.74) is 2.64. The quantitative estimate of drug-likeness (QED) is 0.506. The fourth-order valence-electron chi connectivity index (χ4n) is 3.35. The smallest absolute Gasteiger partial charge is 0.395 e. The van der Waals surface area contributed by atoms with Crippen LogP contribution >= 0.6 is 11.3 Å². The summed E-state index contributed by atoms with van der Waals surface area (Å²) in [5.74, 6) is -1.29. The highest BCUT2D eigenvalue weighted by molar-refractivity contribution is 7.16. The van der Waals surface area contributed by atoms with Crippen LogP contribution < -0.4 is 5.32 Å². The number of fused-ring (bicyclic) bond motifs is 1.